The van der Waals surface area contributed by atoms with Gasteiger partial charge in [-0.1, -0.05) is 194 Å². The molecule has 0 spiro atoms. The van der Waals surface area contributed by atoms with Gasteiger partial charge in [0.05, 0.1) is 12.0 Å². The van der Waals surface area contributed by atoms with E-state index in [0.29, 0.717) is 12.0 Å². The first-order chi connectivity index (χ1) is 20.2. The van der Waals surface area contributed by atoms with Crippen LogP contribution in [-0.2, 0) is 0 Å². The van der Waals surface area contributed by atoms with Crippen LogP contribution in [0.3, 0.4) is 0 Å². The van der Waals surface area contributed by atoms with Gasteiger partial charge in [0.25, 0.3) is 5.82 Å². The Hall–Kier alpha value is -0.790. The number of aromatic amines is 1. The first-order valence-electron chi connectivity index (χ1n) is 19.3. The van der Waals surface area contributed by atoms with E-state index >= 15 is 0 Å². The Morgan fingerprint density at radius 2 is 0.805 bits per heavy atom. The summed E-state index contributed by atoms with van der Waals surface area (Å²) in [4.78, 5) is 3.68. The molecule has 1 heterocycles. The third-order valence-electron chi connectivity index (χ3n) is 9.76. The lowest BCUT2D eigenvalue weighted by Gasteiger charge is -2.16. The van der Waals surface area contributed by atoms with Crippen molar-refractivity contribution in [3.63, 3.8) is 0 Å². The standard InChI is InChI=1S/C39H76N2/c1-5-8-10-12-14-16-18-19-20-21-22-24-26-28-30-32-34-38(39-40-35-36-41(39)37(4)7-3)33-31-29-27-25-23-17-15-13-11-9-6-2/h35-38H,5-34H2,1-4H3/p+1. The quantitative estimate of drug-likeness (QED) is 0.0653. The lowest BCUT2D eigenvalue weighted by molar-refractivity contribution is -0.726. The van der Waals surface area contributed by atoms with Crippen LogP contribution in [0.25, 0.3) is 0 Å². The molecule has 1 aromatic rings. The van der Waals surface area contributed by atoms with Crippen LogP contribution in [0.5, 0.6) is 0 Å². The molecule has 0 saturated heterocycles. The van der Waals surface area contributed by atoms with Gasteiger partial charge < -0.3 is 0 Å². The molecule has 0 amide bonds. The third-order valence-corrected chi connectivity index (χ3v) is 9.76. The van der Waals surface area contributed by atoms with E-state index < -0.39 is 0 Å². The number of hydrogen-bond acceptors (Lipinski definition) is 0. The van der Waals surface area contributed by atoms with Crippen LogP contribution in [0.15, 0.2) is 12.4 Å². The van der Waals surface area contributed by atoms with Crippen LogP contribution >= 0.6 is 0 Å². The largest absolute Gasteiger partial charge is 0.257 e. The summed E-state index contributed by atoms with van der Waals surface area (Å²) in [7, 11) is 0. The fourth-order valence-corrected chi connectivity index (χ4v) is 6.68. The Morgan fingerprint density at radius 3 is 1.12 bits per heavy atom. The number of rotatable bonds is 32. The van der Waals surface area contributed by atoms with Gasteiger partial charge in [-0.2, -0.15) is 0 Å². The minimum Gasteiger partial charge on any atom is -0.247 e. The smallest absolute Gasteiger partial charge is 0.247 e. The summed E-state index contributed by atoms with van der Waals surface area (Å²) in [6, 6.07) is 0.599. The molecule has 0 aliphatic heterocycles. The Morgan fingerprint density at radius 1 is 0.488 bits per heavy atom. The predicted molar refractivity (Wildman–Crippen MR) is 184 cm³/mol. The number of unbranched alkanes of at least 4 members (excludes halogenated alkanes) is 25. The number of nitrogens with zero attached hydrogens (tertiary/aromatic N) is 1. The normalized spacial score (nSPS) is 13.2. The van der Waals surface area contributed by atoms with E-state index in [4.69, 9.17) is 0 Å². The first-order valence-corrected chi connectivity index (χ1v) is 19.3. The molecule has 0 aliphatic rings. The number of imidazole rings is 1. The van der Waals surface area contributed by atoms with Gasteiger partial charge in [0, 0.05) is 0 Å². The fourth-order valence-electron chi connectivity index (χ4n) is 6.68. The summed E-state index contributed by atoms with van der Waals surface area (Å²) in [5.74, 6) is 2.22. The van der Waals surface area contributed by atoms with Crippen molar-refractivity contribution in [1.29, 1.82) is 0 Å². The van der Waals surface area contributed by atoms with E-state index in [2.05, 4.69) is 49.6 Å². The predicted octanol–water partition coefficient (Wildman–Crippen LogP) is 13.7. The molecular formula is C39H77N2+. The van der Waals surface area contributed by atoms with Crippen LogP contribution in [0.4, 0.5) is 0 Å². The van der Waals surface area contributed by atoms with Crippen molar-refractivity contribution in [2.45, 2.75) is 232 Å². The molecule has 1 rings (SSSR count). The van der Waals surface area contributed by atoms with Gasteiger partial charge in [-0.15, -0.1) is 0 Å². The number of H-pyrrole nitrogens is 1. The highest BCUT2D eigenvalue weighted by Gasteiger charge is 2.24. The van der Waals surface area contributed by atoms with Gasteiger partial charge in [0.1, 0.15) is 12.4 Å². The second-order valence-corrected chi connectivity index (χ2v) is 13.6. The number of hydrogen-bond donors (Lipinski definition) is 1. The maximum atomic E-state index is 3.68. The Balaban J connectivity index is 2.16. The van der Waals surface area contributed by atoms with Crippen LogP contribution < -0.4 is 4.57 Å². The molecule has 1 aromatic heterocycles. The molecule has 0 saturated carbocycles. The summed E-state index contributed by atoms with van der Waals surface area (Å²) in [6.45, 7) is 9.32. The van der Waals surface area contributed by atoms with Crippen molar-refractivity contribution in [2.75, 3.05) is 0 Å². The van der Waals surface area contributed by atoms with Gasteiger partial charge in [0.2, 0.25) is 0 Å². The molecular weight excluding hydrogens is 496 g/mol. The van der Waals surface area contributed by atoms with Crippen molar-refractivity contribution in [1.82, 2.24) is 4.98 Å². The number of aromatic nitrogens is 2. The highest BCUT2D eigenvalue weighted by atomic mass is 15.1. The lowest BCUT2D eigenvalue weighted by atomic mass is 9.93. The first kappa shape index (κ1) is 38.2. The Bertz CT molecular complexity index is 635. The molecule has 0 fully saturated rings. The summed E-state index contributed by atoms with van der Waals surface area (Å²) in [5.41, 5.74) is 0. The number of nitrogens with one attached hydrogen (secondary N) is 1. The molecule has 2 nitrogen and oxygen atoms in total. The van der Waals surface area contributed by atoms with Crippen LogP contribution in [0.1, 0.15) is 238 Å². The molecule has 242 valence electrons. The SMILES string of the molecule is CCCCCCCCCCCCCCCCCCC(CCCCCCCCCCCCC)c1[nH]cc[n+]1C(C)CC. The minimum atomic E-state index is 0.599. The van der Waals surface area contributed by atoms with Crippen LogP contribution in [-0.4, -0.2) is 4.98 Å². The molecule has 41 heavy (non-hydrogen) atoms. The monoisotopic (exact) mass is 574 g/mol. The van der Waals surface area contributed by atoms with E-state index in [-0.39, 0.29) is 0 Å². The zero-order valence-corrected chi connectivity index (χ0v) is 29.0. The summed E-state index contributed by atoms with van der Waals surface area (Å²) in [5, 5.41) is 0. The van der Waals surface area contributed by atoms with E-state index in [9.17, 15) is 0 Å². The lowest BCUT2D eigenvalue weighted by Crippen LogP contribution is -2.40. The maximum absolute atomic E-state index is 3.68. The van der Waals surface area contributed by atoms with Crippen molar-refractivity contribution < 1.29 is 4.57 Å². The maximum Gasteiger partial charge on any atom is 0.257 e. The summed E-state index contributed by atoms with van der Waals surface area (Å²) >= 11 is 0. The Labute approximate surface area is 259 Å². The van der Waals surface area contributed by atoms with Crippen molar-refractivity contribution in [3.05, 3.63) is 18.2 Å². The summed E-state index contributed by atoms with van der Waals surface area (Å²) in [6.07, 6.45) is 47.5. The van der Waals surface area contributed by atoms with Gasteiger partial charge in [-0.25, -0.2) is 9.55 Å². The zero-order valence-electron chi connectivity index (χ0n) is 29.0. The zero-order chi connectivity index (χ0) is 29.6. The second-order valence-electron chi connectivity index (χ2n) is 13.6. The topological polar surface area (TPSA) is 19.7 Å². The second kappa shape index (κ2) is 29.3. The van der Waals surface area contributed by atoms with Gasteiger partial charge >= 0.3 is 0 Å². The highest BCUT2D eigenvalue weighted by Crippen LogP contribution is 2.27. The molecule has 0 aromatic carbocycles. The van der Waals surface area contributed by atoms with E-state index in [1.54, 1.807) is 0 Å². The molecule has 0 bridgehead atoms. The van der Waals surface area contributed by atoms with E-state index in [1.165, 1.54) is 198 Å². The molecule has 2 heteroatoms. The van der Waals surface area contributed by atoms with E-state index in [1.807, 2.05) is 0 Å². The summed E-state index contributed by atoms with van der Waals surface area (Å²) < 4.78 is 2.55. The van der Waals surface area contributed by atoms with Crippen molar-refractivity contribution in [2.24, 2.45) is 0 Å². The third kappa shape index (κ3) is 21.5. The molecule has 2 atom stereocenters. The van der Waals surface area contributed by atoms with E-state index in [0.717, 1.165) is 0 Å². The minimum absolute atomic E-state index is 0.599. The van der Waals surface area contributed by atoms with Crippen molar-refractivity contribution in [3.8, 4) is 0 Å². The molecule has 0 radical (unpaired) electrons. The molecule has 1 N–H and O–H groups in total. The van der Waals surface area contributed by atoms with Crippen LogP contribution in [0, 0.1) is 0 Å². The average molecular weight is 574 g/mol. The molecule has 0 aliphatic carbocycles. The van der Waals surface area contributed by atoms with Gasteiger partial charge in [-0.05, 0) is 26.2 Å². The van der Waals surface area contributed by atoms with Crippen molar-refractivity contribution >= 4 is 0 Å². The highest BCUT2D eigenvalue weighted by molar-refractivity contribution is 4.90. The van der Waals surface area contributed by atoms with Gasteiger partial charge in [-0.3, -0.25) is 0 Å². The average Bonchev–Trinajstić information content (AvgIpc) is 3.48. The Kier molecular flexibility index (Phi) is 27.3. The fraction of sp³-hybridized carbons (Fsp3) is 0.923. The molecule has 2 unspecified atom stereocenters. The van der Waals surface area contributed by atoms with Gasteiger partial charge in [0.15, 0.2) is 0 Å². The van der Waals surface area contributed by atoms with Crippen LogP contribution in [0.2, 0.25) is 0 Å².